The molecule has 3 rings (SSSR count). The van der Waals surface area contributed by atoms with Gasteiger partial charge in [0.05, 0.1) is 17.2 Å². The first-order valence-corrected chi connectivity index (χ1v) is 8.31. The van der Waals surface area contributed by atoms with Crippen LogP contribution in [0.2, 0.25) is 0 Å². The number of carbonyl (C=O) groups is 3. The Bertz CT molecular complexity index is 798. The van der Waals surface area contributed by atoms with E-state index in [1.54, 1.807) is 24.3 Å². The predicted octanol–water partition coefficient (Wildman–Crippen LogP) is 1.82. The van der Waals surface area contributed by atoms with Gasteiger partial charge in [-0.25, -0.2) is 0 Å². The van der Waals surface area contributed by atoms with Crippen LogP contribution in [0.5, 0.6) is 0 Å². The minimum Gasteiger partial charge on any atom is -0.463 e. The zero-order valence-electron chi connectivity index (χ0n) is 14.3. The van der Waals surface area contributed by atoms with E-state index in [4.69, 9.17) is 4.74 Å². The van der Waals surface area contributed by atoms with Gasteiger partial charge in [-0.15, -0.1) is 0 Å². The third kappa shape index (κ3) is 3.50. The summed E-state index contributed by atoms with van der Waals surface area (Å²) in [5, 5.41) is 10.6. The van der Waals surface area contributed by atoms with Gasteiger partial charge in [0.1, 0.15) is 12.7 Å². The Kier molecular flexibility index (Phi) is 5.14. The summed E-state index contributed by atoms with van der Waals surface area (Å²) >= 11 is 0. The Labute approximate surface area is 151 Å². The number of imide groups is 1. The molecule has 1 aliphatic rings. The molecule has 0 aliphatic carbocycles. The van der Waals surface area contributed by atoms with E-state index in [0.29, 0.717) is 11.1 Å². The number of aliphatic hydroxyl groups excluding tert-OH is 1. The summed E-state index contributed by atoms with van der Waals surface area (Å²) in [5.74, 6) is -1.44. The van der Waals surface area contributed by atoms with Gasteiger partial charge in [-0.05, 0) is 24.1 Å². The molecule has 0 bridgehead atoms. The van der Waals surface area contributed by atoms with E-state index >= 15 is 0 Å². The Morgan fingerprint density at radius 3 is 2.08 bits per heavy atom. The smallest absolute Gasteiger partial charge is 0.302 e. The molecule has 0 unspecified atom stereocenters. The van der Waals surface area contributed by atoms with Crippen LogP contribution in [0.15, 0.2) is 54.6 Å². The van der Waals surface area contributed by atoms with E-state index in [2.05, 4.69) is 0 Å². The van der Waals surface area contributed by atoms with Crippen LogP contribution >= 0.6 is 0 Å². The van der Waals surface area contributed by atoms with Gasteiger partial charge in [0.15, 0.2) is 0 Å². The Hall–Kier alpha value is -2.99. The van der Waals surface area contributed by atoms with Gasteiger partial charge in [0, 0.05) is 6.92 Å². The lowest BCUT2D eigenvalue weighted by atomic mass is 10.00. The first kappa shape index (κ1) is 17.8. The molecular formula is C20H19NO5. The normalized spacial score (nSPS) is 15.5. The van der Waals surface area contributed by atoms with Gasteiger partial charge in [0.2, 0.25) is 0 Å². The largest absolute Gasteiger partial charge is 0.463 e. The number of fused-ring (bicyclic) bond motifs is 1. The zero-order valence-corrected chi connectivity index (χ0v) is 14.3. The highest BCUT2D eigenvalue weighted by Gasteiger charge is 2.42. The second-order valence-electron chi connectivity index (χ2n) is 6.15. The zero-order chi connectivity index (χ0) is 18.7. The number of ether oxygens (including phenoxy) is 1. The summed E-state index contributed by atoms with van der Waals surface area (Å²) in [6, 6.07) is 15.0. The minimum absolute atomic E-state index is 0.259. The number of nitrogens with zero attached hydrogens (tertiary/aromatic N) is 1. The SMILES string of the molecule is CC(=O)OC[C@H](O)[C@H](Cc1ccccc1)N1C(=O)c2ccccc2C1=O. The fraction of sp³-hybridized carbons (Fsp3) is 0.250. The van der Waals surface area contributed by atoms with Gasteiger partial charge < -0.3 is 9.84 Å². The number of benzene rings is 2. The van der Waals surface area contributed by atoms with Gasteiger partial charge in [0.25, 0.3) is 11.8 Å². The van der Waals surface area contributed by atoms with E-state index < -0.39 is 29.9 Å². The molecule has 0 spiro atoms. The maximum absolute atomic E-state index is 12.8. The van der Waals surface area contributed by atoms with Crippen molar-refractivity contribution in [2.75, 3.05) is 6.61 Å². The van der Waals surface area contributed by atoms with Gasteiger partial charge in [-0.1, -0.05) is 42.5 Å². The molecule has 0 radical (unpaired) electrons. The van der Waals surface area contributed by atoms with Crippen LogP contribution in [0.3, 0.4) is 0 Å². The number of aliphatic hydroxyl groups is 1. The lowest BCUT2D eigenvalue weighted by molar-refractivity contribution is -0.144. The maximum Gasteiger partial charge on any atom is 0.302 e. The van der Waals surface area contributed by atoms with Crippen LogP contribution < -0.4 is 0 Å². The van der Waals surface area contributed by atoms with Crippen molar-refractivity contribution in [2.24, 2.45) is 0 Å². The highest BCUT2D eigenvalue weighted by molar-refractivity contribution is 6.21. The van der Waals surface area contributed by atoms with Gasteiger partial charge in [-0.2, -0.15) is 0 Å². The average molecular weight is 353 g/mol. The molecule has 2 atom stereocenters. The van der Waals surface area contributed by atoms with Crippen molar-refractivity contribution in [2.45, 2.75) is 25.5 Å². The summed E-state index contributed by atoms with van der Waals surface area (Å²) in [6.45, 7) is 0.946. The first-order valence-electron chi connectivity index (χ1n) is 8.31. The highest BCUT2D eigenvalue weighted by Crippen LogP contribution is 2.27. The Morgan fingerprint density at radius 2 is 1.54 bits per heavy atom. The van der Waals surface area contributed by atoms with Crippen LogP contribution in [0.4, 0.5) is 0 Å². The fourth-order valence-corrected chi connectivity index (χ4v) is 3.08. The van der Waals surface area contributed by atoms with Crippen LogP contribution in [0.1, 0.15) is 33.2 Å². The minimum atomic E-state index is -1.19. The Morgan fingerprint density at radius 1 is 1.00 bits per heavy atom. The van der Waals surface area contributed by atoms with E-state index in [9.17, 15) is 19.5 Å². The standard InChI is InChI=1S/C20H19NO5/c1-13(22)26-12-18(23)17(11-14-7-3-2-4-8-14)21-19(24)15-9-5-6-10-16(15)20(21)25/h2-10,17-18,23H,11-12H2,1H3/t17-,18-/m0/s1. The summed E-state index contributed by atoms with van der Waals surface area (Å²) in [5.41, 5.74) is 1.49. The second kappa shape index (κ2) is 7.49. The van der Waals surface area contributed by atoms with E-state index in [0.717, 1.165) is 10.5 Å². The fourth-order valence-electron chi connectivity index (χ4n) is 3.08. The van der Waals surface area contributed by atoms with E-state index in [1.165, 1.54) is 6.92 Å². The molecule has 0 fully saturated rings. The molecule has 26 heavy (non-hydrogen) atoms. The third-order valence-corrected chi connectivity index (χ3v) is 4.35. The first-order chi connectivity index (χ1) is 12.5. The third-order valence-electron chi connectivity index (χ3n) is 4.35. The number of hydrogen-bond acceptors (Lipinski definition) is 5. The average Bonchev–Trinajstić information content (AvgIpc) is 2.90. The van der Waals surface area contributed by atoms with Gasteiger partial charge in [-0.3, -0.25) is 19.3 Å². The molecule has 1 N–H and O–H groups in total. The number of rotatable bonds is 6. The highest BCUT2D eigenvalue weighted by atomic mass is 16.5. The second-order valence-corrected chi connectivity index (χ2v) is 6.15. The molecule has 1 heterocycles. The summed E-state index contributed by atoms with van der Waals surface area (Å²) in [4.78, 5) is 37.7. The number of hydrogen-bond donors (Lipinski definition) is 1. The molecule has 0 saturated carbocycles. The molecule has 2 amide bonds. The maximum atomic E-state index is 12.8. The van der Waals surface area contributed by atoms with Crippen LogP contribution in [0.25, 0.3) is 0 Å². The topological polar surface area (TPSA) is 83.9 Å². The van der Waals surface area contributed by atoms with Crippen molar-refractivity contribution in [3.05, 3.63) is 71.3 Å². The van der Waals surface area contributed by atoms with E-state index in [-0.39, 0.29) is 13.0 Å². The molecular weight excluding hydrogens is 334 g/mol. The molecule has 0 saturated heterocycles. The summed E-state index contributed by atoms with van der Waals surface area (Å²) in [6.07, 6.45) is -0.935. The molecule has 0 aromatic heterocycles. The lowest BCUT2D eigenvalue weighted by Crippen LogP contribution is -2.50. The quantitative estimate of drug-likeness (QED) is 0.633. The summed E-state index contributed by atoms with van der Waals surface area (Å²) in [7, 11) is 0. The molecule has 134 valence electrons. The Balaban J connectivity index is 1.91. The van der Waals surface area contributed by atoms with Crippen molar-refractivity contribution < 1.29 is 24.2 Å². The number of carbonyl (C=O) groups excluding carboxylic acids is 3. The van der Waals surface area contributed by atoms with Gasteiger partial charge >= 0.3 is 5.97 Å². The van der Waals surface area contributed by atoms with Crippen LogP contribution in [-0.2, 0) is 16.0 Å². The lowest BCUT2D eigenvalue weighted by Gasteiger charge is -2.30. The van der Waals surface area contributed by atoms with Crippen molar-refractivity contribution in [3.63, 3.8) is 0 Å². The van der Waals surface area contributed by atoms with Crippen molar-refractivity contribution >= 4 is 17.8 Å². The number of amides is 2. The molecule has 2 aromatic rings. The van der Waals surface area contributed by atoms with Crippen molar-refractivity contribution in [1.29, 1.82) is 0 Å². The number of esters is 1. The van der Waals surface area contributed by atoms with Crippen LogP contribution in [0, 0.1) is 0 Å². The molecule has 1 aliphatic heterocycles. The van der Waals surface area contributed by atoms with Crippen molar-refractivity contribution in [3.8, 4) is 0 Å². The monoisotopic (exact) mass is 353 g/mol. The molecule has 2 aromatic carbocycles. The van der Waals surface area contributed by atoms with E-state index in [1.807, 2.05) is 30.3 Å². The van der Waals surface area contributed by atoms with Crippen LogP contribution in [-0.4, -0.2) is 46.5 Å². The molecule has 6 nitrogen and oxygen atoms in total. The summed E-state index contributed by atoms with van der Waals surface area (Å²) < 4.78 is 4.89. The predicted molar refractivity (Wildman–Crippen MR) is 93.5 cm³/mol. The molecule has 6 heteroatoms. The van der Waals surface area contributed by atoms with Crippen molar-refractivity contribution in [1.82, 2.24) is 4.90 Å².